The summed E-state index contributed by atoms with van der Waals surface area (Å²) >= 11 is 1.70. The highest BCUT2D eigenvalue weighted by atomic mass is 32.1. The Balaban J connectivity index is 1.33. The van der Waals surface area contributed by atoms with Gasteiger partial charge in [0.1, 0.15) is 0 Å². The summed E-state index contributed by atoms with van der Waals surface area (Å²) in [6.07, 6.45) is 2.06. The maximum absolute atomic E-state index is 12.9. The van der Waals surface area contributed by atoms with Crippen LogP contribution in [0.15, 0.2) is 5.38 Å². The molecule has 1 aromatic heterocycles. The smallest absolute Gasteiger partial charge is 0.225 e. The van der Waals surface area contributed by atoms with E-state index in [0.717, 1.165) is 63.0 Å². The van der Waals surface area contributed by atoms with Gasteiger partial charge in [-0.1, -0.05) is 0 Å². The molecular weight excluding hydrogens is 324 g/mol. The molecule has 3 fully saturated rings. The largest absolute Gasteiger partial charge is 0.373 e. The zero-order valence-electron chi connectivity index (χ0n) is 14.5. The molecule has 24 heavy (non-hydrogen) atoms. The van der Waals surface area contributed by atoms with E-state index in [1.54, 1.807) is 11.3 Å². The molecule has 0 bridgehead atoms. The molecule has 0 spiro atoms. The zero-order valence-corrected chi connectivity index (χ0v) is 15.3. The lowest BCUT2D eigenvalue weighted by atomic mass is 9.95. The van der Waals surface area contributed by atoms with Gasteiger partial charge in [-0.25, -0.2) is 4.98 Å². The van der Waals surface area contributed by atoms with E-state index in [-0.39, 0.29) is 12.0 Å². The van der Waals surface area contributed by atoms with Gasteiger partial charge in [-0.15, -0.1) is 11.3 Å². The molecule has 0 saturated carbocycles. The lowest BCUT2D eigenvalue weighted by molar-refractivity contribution is -0.135. The van der Waals surface area contributed by atoms with Crippen LogP contribution in [0.3, 0.4) is 0 Å². The number of amides is 1. The number of carbonyl (C=O) groups is 1. The Morgan fingerprint density at radius 1 is 1.29 bits per heavy atom. The minimum Gasteiger partial charge on any atom is -0.373 e. The number of likely N-dealkylation sites (N-methyl/N-ethyl adjacent to an activating group) is 1. The summed E-state index contributed by atoms with van der Waals surface area (Å²) in [5.74, 6) is 0.490. The van der Waals surface area contributed by atoms with E-state index < -0.39 is 0 Å². The Kier molecular flexibility index (Phi) is 4.49. The predicted octanol–water partition coefficient (Wildman–Crippen LogP) is 1.21. The summed E-state index contributed by atoms with van der Waals surface area (Å²) in [6.45, 7) is 7.23. The lowest BCUT2D eigenvalue weighted by Gasteiger charge is -2.33. The molecule has 3 aliphatic heterocycles. The number of rotatable bonds is 2. The average molecular weight is 350 g/mol. The molecule has 4 heterocycles. The first-order valence-corrected chi connectivity index (χ1v) is 9.77. The molecule has 0 N–H and O–H groups in total. The Morgan fingerprint density at radius 2 is 2.08 bits per heavy atom. The number of carbonyl (C=O) groups excluding carboxylic acids is 1. The minimum atomic E-state index is 0.160. The second-order valence-electron chi connectivity index (χ2n) is 7.23. The zero-order chi connectivity index (χ0) is 16.7. The van der Waals surface area contributed by atoms with Crippen LogP contribution in [0.4, 0.5) is 5.13 Å². The van der Waals surface area contributed by atoms with E-state index in [1.807, 2.05) is 11.8 Å². The van der Waals surface area contributed by atoms with Gasteiger partial charge in [0.2, 0.25) is 5.91 Å². The predicted molar refractivity (Wildman–Crippen MR) is 94.5 cm³/mol. The number of piperidine rings is 1. The SMILES string of the molecule is Cc1csc(N2CCC(C(=O)N3C[C@H]4OCCN(C)[C@H]4C3)CC2)n1. The number of aromatic nitrogens is 1. The van der Waals surface area contributed by atoms with Crippen molar-refractivity contribution in [1.29, 1.82) is 0 Å². The van der Waals surface area contributed by atoms with Crippen molar-refractivity contribution in [3.05, 3.63) is 11.1 Å². The molecule has 1 aromatic rings. The molecule has 7 heteroatoms. The Bertz CT molecular complexity index is 599. The number of morpholine rings is 1. The summed E-state index contributed by atoms with van der Waals surface area (Å²) in [4.78, 5) is 24.2. The summed E-state index contributed by atoms with van der Waals surface area (Å²) in [5.41, 5.74) is 1.08. The number of nitrogens with zero attached hydrogens (tertiary/aromatic N) is 4. The van der Waals surface area contributed by atoms with Crippen molar-refractivity contribution in [3.8, 4) is 0 Å². The van der Waals surface area contributed by atoms with Crippen LogP contribution < -0.4 is 4.90 Å². The average Bonchev–Trinajstić information content (AvgIpc) is 3.21. The van der Waals surface area contributed by atoms with Gasteiger partial charge in [0.25, 0.3) is 0 Å². The fourth-order valence-electron chi connectivity index (χ4n) is 4.10. The summed E-state index contributed by atoms with van der Waals surface area (Å²) in [5, 5.41) is 3.19. The molecule has 2 atom stereocenters. The van der Waals surface area contributed by atoms with E-state index >= 15 is 0 Å². The van der Waals surface area contributed by atoms with E-state index in [2.05, 4.69) is 27.2 Å². The highest BCUT2D eigenvalue weighted by molar-refractivity contribution is 7.13. The third-order valence-electron chi connectivity index (χ3n) is 5.61. The van der Waals surface area contributed by atoms with Crippen LogP contribution in [0.5, 0.6) is 0 Å². The van der Waals surface area contributed by atoms with Crippen LogP contribution in [-0.4, -0.2) is 79.2 Å². The van der Waals surface area contributed by atoms with Crippen LogP contribution in [0.25, 0.3) is 0 Å². The van der Waals surface area contributed by atoms with Gasteiger partial charge in [-0.05, 0) is 26.8 Å². The van der Waals surface area contributed by atoms with Crippen LogP contribution >= 0.6 is 11.3 Å². The number of ether oxygens (including phenoxy) is 1. The molecular formula is C17H26N4O2S. The minimum absolute atomic E-state index is 0.160. The monoisotopic (exact) mass is 350 g/mol. The first-order chi connectivity index (χ1) is 11.6. The molecule has 132 valence electrons. The normalized spacial score (nSPS) is 29.1. The number of anilines is 1. The molecule has 3 aliphatic rings. The third-order valence-corrected chi connectivity index (χ3v) is 6.63. The highest BCUT2D eigenvalue weighted by Crippen LogP contribution is 2.29. The molecule has 0 unspecified atom stereocenters. The van der Waals surface area contributed by atoms with Crippen LogP contribution in [0.1, 0.15) is 18.5 Å². The van der Waals surface area contributed by atoms with Crippen molar-refractivity contribution >= 4 is 22.4 Å². The summed E-state index contributed by atoms with van der Waals surface area (Å²) in [6, 6.07) is 0.376. The van der Waals surface area contributed by atoms with Gasteiger partial charge in [0.05, 0.1) is 24.4 Å². The van der Waals surface area contributed by atoms with Gasteiger partial charge >= 0.3 is 0 Å². The number of likely N-dealkylation sites (tertiary alicyclic amines) is 1. The number of fused-ring (bicyclic) bond motifs is 1. The van der Waals surface area contributed by atoms with E-state index in [0.29, 0.717) is 11.9 Å². The maximum Gasteiger partial charge on any atom is 0.225 e. The van der Waals surface area contributed by atoms with Crippen LogP contribution in [-0.2, 0) is 9.53 Å². The van der Waals surface area contributed by atoms with Crippen molar-refractivity contribution < 1.29 is 9.53 Å². The quantitative estimate of drug-likeness (QED) is 0.802. The van der Waals surface area contributed by atoms with Crippen LogP contribution in [0, 0.1) is 12.8 Å². The highest BCUT2D eigenvalue weighted by Gasteiger charge is 2.42. The number of hydrogen-bond donors (Lipinski definition) is 0. The molecule has 3 saturated heterocycles. The topological polar surface area (TPSA) is 48.9 Å². The van der Waals surface area contributed by atoms with E-state index in [9.17, 15) is 4.79 Å². The lowest BCUT2D eigenvalue weighted by Crippen LogP contribution is -2.48. The van der Waals surface area contributed by atoms with Crippen molar-refractivity contribution in [1.82, 2.24) is 14.8 Å². The molecule has 6 nitrogen and oxygen atoms in total. The van der Waals surface area contributed by atoms with Crippen molar-refractivity contribution in [2.75, 3.05) is 51.3 Å². The number of aryl methyl sites for hydroxylation is 1. The summed E-state index contributed by atoms with van der Waals surface area (Å²) < 4.78 is 5.87. The van der Waals surface area contributed by atoms with Gasteiger partial charge in [0, 0.05) is 44.0 Å². The van der Waals surface area contributed by atoms with Crippen molar-refractivity contribution in [3.63, 3.8) is 0 Å². The van der Waals surface area contributed by atoms with Gasteiger partial charge in [-0.2, -0.15) is 0 Å². The molecule has 4 rings (SSSR count). The molecule has 1 amide bonds. The summed E-state index contributed by atoms with van der Waals surface area (Å²) in [7, 11) is 2.14. The number of thiazole rings is 1. The maximum atomic E-state index is 12.9. The fraction of sp³-hybridized carbons (Fsp3) is 0.765. The third kappa shape index (κ3) is 3.05. The molecule has 0 aliphatic carbocycles. The van der Waals surface area contributed by atoms with Gasteiger partial charge < -0.3 is 14.5 Å². The van der Waals surface area contributed by atoms with Gasteiger partial charge in [-0.3, -0.25) is 9.69 Å². The first kappa shape index (κ1) is 16.3. The molecule has 0 aromatic carbocycles. The van der Waals surface area contributed by atoms with Gasteiger partial charge in [0.15, 0.2) is 5.13 Å². The Morgan fingerprint density at radius 3 is 2.75 bits per heavy atom. The number of hydrogen-bond acceptors (Lipinski definition) is 6. The standard InChI is InChI=1S/C17H26N4O2S/c1-12-11-24-17(18-12)20-5-3-13(4-6-20)16(22)21-9-14-15(10-21)23-8-7-19(14)2/h11,13-15H,3-10H2,1-2H3/t14-,15+/m0/s1. The fourth-order valence-corrected chi connectivity index (χ4v) is 4.96. The van der Waals surface area contributed by atoms with E-state index in [1.165, 1.54) is 0 Å². The van der Waals surface area contributed by atoms with Crippen molar-refractivity contribution in [2.45, 2.75) is 31.9 Å². The first-order valence-electron chi connectivity index (χ1n) is 8.89. The second kappa shape index (κ2) is 6.61. The molecule has 0 radical (unpaired) electrons. The second-order valence-corrected chi connectivity index (χ2v) is 8.07. The van der Waals surface area contributed by atoms with Crippen LogP contribution in [0.2, 0.25) is 0 Å². The van der Waals surface area contributed by atoms with E-state index in [4.69, 9.17) is 4.74 Å². The van der Waals surface area contributed by atoms with Crippen molar-refractivity contribution in [2.24, 2.45) is 5.92 Å². The Hall–Kier alpha value is -1.18. The Labute approximate surface area is 147 Å².